The van der Waals surface area contributed by atoms with Gasteiger partial charge in [-0.2, -0.15) is 5.26 Å². The van der Waals surface area contributed by atoms with Gasteiger partial charge in [-0.3, -0.25) is 5.73 Å². The summed E-state index contributed by atoms with van der Waals surface area (Å²) in [5.74, 6) is 0.377. The van der Waals surface area contributed by atoms with Crippen molar-refractivity contribution < 1.29 is 4.98 Å². The molecule has 0 amide bonds. The van der Waals surface area contributed by atoms with Crippen LogP contribution in [0, 0.1) is 11.3 Å². The molecule has 0 saturated heterocycles. The largest absolute Gasteiger partial charge is 0.289 e. The Bertz CT molecular complexity index is 850. The van der Waals surface area contributed by atoms with E-state index in [1.165, 1.54) is 0 Å². The number of aromatic nitrogens is 1. The first-order valence-electron chi connectivity index (χ1n) is 6.76. The second-order valence-electron chi connectivity index (χ2n) is 4.87. The lowest BCUT2D eigenvalue weighted by Gasteiger charge is -2.07. The first-order valence-corrected chi connectivity index (χ1v) is 7.55. The normalized spacial score (nSPS) is 10.2. The molecule has 3 nitrogen and oxygen atoms in total. The van der Waals surface area contributed by atoms with Crippen molar-refractivity contribution in [2.45, 2.75) is 0 Å². The van der Waals surface area contributed by atoms with Gasteiger partial charge in [-0.15, -0.1) is 0 Å². The number of rotatable bonds is 2. The maximum atomic E-state index is 9.40. The van der Waals surface area contributed by atoms with Gasteiger partial charge in [0.2, 0.25) is 0 Å². The number of benzene rings is 2. The van der Waals surface area contributed by atoms with Gasteiger partial charge in [0.15, 0.2) is 0 Å². The van der Waals surface area contributed by atoms with Crippen LogP contribution in [0.25, 0.3) is 22.4 Å². The molecular formula is C18H13BrN3+. The summed E-state index contributed by atoms with van der Waals surface area (Å²) in [6.45, 7) is 0. The van der Waals surface area contributed by atoms with Crippen LogP contribution in [0.5, 0.6) is 0 Å². The maximum Gasteiger partial charge on any atom is 0.289 e. The predicted molar refractivity (Wildman–Crippen MR) is 90.7 cm³/mol. The van der Waals surface area contributed by atoms with Crippen molar-refractivity contribution >= 4 is 21.7 Å². The van der Waals surface area contributed by atoms with E-state index >= 15 is 0 Å². The Morgan fingerprint density at radius 3 is 2.27 bits per heavy atom. The van der Waals surface area contributed by atoms with E-state index in [-0.39, 0.29) is 0 Å². The second kappa shape index (κ2) is 6.00. The number of nitrogen functional groups attached to an aromatic ring is 1. The average Bonchev–Trinajstić information content (AvgIpc) is 2.55. The molecule has 0 aliphatic heterocycles. The Morgan fingerprint density at radius 1 is 0.955 bits per heavy atom. The summed E-state index contributed by atoms with van der Waals surface area (Å²) < 4.78 is 1.01. The molecule has 2 aromatic carbocycles. The van der Waals surface area contributed by atoms with Crippen molar-refractivity contribution in [3.05, 3.63) is 70.7 Å². The highest BCUT2D eigenvalue weighted by molar-refractivity contribution is 9.10. The van der Waals surface area contributed by atoms with Crippen molar-refractivity contribution in [2.24, 2.45) is 0 Å². The lowest BCUT2D eigenvalue weighted by molar-refractivity contribution is -0.346. The van der Waals surface area contributed by atoms with E-state index in [1.807, 2.05) is 60.7 Å². The zero-order valence-electron chi connectivity index (χ0n) is 11.7. The molecule has 0 aliphatic rings. The highest BCUT2D eigenvalue weighted by Gasteiger charge is 2.16. The molecule has 1 aromatic heterocycles. The highest BCUT2D eigenvalue weighted by atomic mass is 79.9. The molecule has 3 aromatic rings. The minimum absolute atomic E-state index is 0.377. The van der Waals surface area contributed by atoms with Crippen LogP contribution in [0.4, 0.5) is 5.82 Å². The molecule has 4 heteroatoms. The van der Waals surface area contributed by atoms with E-state index in [2.05, 4.69) is 27.0 Å². The van der Waals surface area contributed by atoms with Crippen LogP contribution in [0.1, 0.15) is 5.56 Å². The van der Waals surface area contributed by atoms with Crippen LogP contribution in [-0.4, -0.2) is 0 Å². The molecule has 0 saturated carbocycles. The molecule has 0 radical (unpaired) electrons. The number of hydrogen-bond acceptors (Lipinski definition) is 2. The Labute approximate surface area is 137 Å². The third kappa shape index (κ3) is 2.72. The minimum Gasteiger partial charge on any atom is -0.286 e. The molecule has 106 valence electrons. The standard InChI is InChI=1S/C18H12BrN3/c19-14-8-6-13(7-9-14)17-10-15(12-4-2-1-3-5-12)16(11-20)18(21)22-17/h1-10H,(H2,21,22)/p+1. The van der Waals surface area contributed by atoms with Crippen molar-refractivity contribution in [3.8, 4) is 28.5 Å². The zero-order chi connectivity index (χ0) is 15.5. The number of hydrogen-bond donors (Lipinski definition) is 1. The van der Waals surface area contributed by atoms with Gasteiger partial charge < -0.3 is 0 Å². The van der Waals surface area contributed by atoms with Gasteiger partial charge in [0.05, 0.1) is 0 Å². The maximum absolute atomic E-state index is 9.40. The summed E-state index contributed by atoms with van der Waals surface area (Å²) in [4.78, 5) is 3.11. The van der Waals surface area contributed by atoms with Crippen LogP contribution in [0.2, 0.25) is 0 Å². The van der Waals surface area contributed by atoms with E-state index in [9.17, 15) is 5.26 Å². The minimum atomic E-state index is 0.377. The number of halogens is 1. The number of H-pyrrole nitrogens is 1. The van der Waals surface area contributed by atoms with Gasteiger partial charge in [0.25, 0.3) is 5.82 Å². The van der Waals surface area contributed by atoms with Crippen LogP contribution in [0.3, 0.4) is 0 Å². The Hall–Kier alpha value is -2.64. The van der Waals surface area contributed by atoms with E-state index in [1.54, 1.807) is 0 Å². The predicted octanol–water partition coefficient (Wildman–Crippen LogP) is 4.05. The van der Waals surface area contributed by atoms with Crippen LogP contribution >= 0.6 is 15.9 Å². The first-order chi connectivity index (χ1) is 10.7. The monoisotopic (exact) mass is 350 g/mol. The molecule has 22 heavy (non-hydrogen) atoms. The fraction of sp³-hybridized carbons (Fsp3) is 0. The van der Waals surface area contributed by atoms with Crippen LogP contribution in [-0.2, 0) is 0 Å². The summed E-state index contributed by atoms with van der Waals surface area (Å²) >= 11 is 3.43. The van der Waals surface area contributed by atoms with Crippen molar-refractivity contribution in [1.82, 2.24) is 0 Å². The summed E-state index contributed by atoms with van der Waals surface area (Å²) in [7, 11) is 0. The van der Waals surface area contributed by atoms with Crippen molar-refractivity contribution in [3.63, 3.8) is 0 Å². The summed E-state index contributed by atoms with van der Waals surface area (Å²) in [5.41, 5.74) is 10.2. The van der Waals surface area contributed by atoms with E-state index < -0.39 is 0 Å². The molecular weight excluding hydrogens is 338 g/mol. The third-order valence-electron chi connectivity index (χ3n) is 3.45. The van der Waals surface area contributed by atoms with E-state index in [0.29, 0.717) is 11.4 Å². The molecule has 0 bridgehead atoms. The van der Waals surface area contributed by atoms with Gasteiger partial charge in [0, 0.05) is 15.6 Å². The Balaban J connectivity index is 2.21. The van der Waals surface area contributed by atoms with Gasteiger partial charge in [0.1, 0.15) is 17.3 Å². The van der Waals surface area contributed by atoms with Gasteiger partial charge in [-0.05, 0) is 35.9 Å². The SMILES string of the molecule is N#Cc1c(-c2ccccc2)cc(-c2ccc(Br)cc2)[nH+]c1N. The lowest BCUT2D eigenvalue weighted by atomic mass is 9.98. The average molecular weight is 351 g/mol. The van der Waals surface area contributed by atoms with Gasteiger partial charge in [-0.25, -0.2) is 4.98 Å². The van der Waals surface area contributed by atoms with E-state index in [4.69, 9.17) is 5.73 Å². The third-order valence-corrected chi connectivity index (χ3v) is 3.98. The number of anilines is 1. The van der Waals surface area contributed by atoms with Crippen molar-refractivity contribution in [1.29, 1.82) is 5.26 Å². The fourth-order valence-corrected chi connectivity index (χ4v) is 2.62. The molecule has 0 fully saturated rings. The van der Waals surface area contributed by atoms with E-state index in [0.717, 1.165) is 26.9 Å². The Morgan fingerprint density at radius 2 is 1.64 bits per heavy atom. The zero-order valence-corrected chi connectivity index (χ0v) is 13.3. The first kappa shape index (κ1) is 14.3. The number of nitrogens with two attached hydrogens (primary N) is 1. The molecule has 0 unspecified atom stereocenters. The second-order valence-corrected chi connectivity index (χ2v) is 5.79. The van der Waals surface area contributed by atoms with Crippen molar-refractivity contribution in [2.75, 3.05) is 5.73 Å². The van der Waals surface area contributed by atoms with Gasteiger partial charge >= 0.3 is 0 Å². The lowest BCUT2D eigenvalue weighted by Crippen LogP contribution is -2.16. The fourth-order valence-electron chi connectivity index (χ4n) is 2.36. The molecule has 0 spiro atoms. The summed E-state index contributed by atoms with van der Waals surface area (Å²) in [6, 6.07) is 21.9. The number of aromatic amines is 1. The molecule has 0 aliphatic carbocycles. The summed E-state index contributed by atoms with van der Waals surface area (Å²) in [6.07, 6.45) is 0. The topological polar surface area (TPSA) is 64.0 Å². The van der Waals surface area contributed by atoms with Gasteiger partial charge in [-0.1, -0.05) is 46.3 Å². The number of nitrogens with one attached hydrogen (secondary N) is 1. The smallest absolute Gasteiger partial charge is 0.286 e. The quantitative estimate of drug-likeness (QED) is 0.757. The number of nitriles is 1. The summed E-state index contributed by atoms with van der Waals surface area (Å²) in [5, 5.41) is 9.40. The molecule has 3 N–H and O–H groups in total. The van der Waals surface area contributed by atoms with Crippen LogP contribution < -0.4 is 10.7 Å². The number of nitrogens with zero attached hydrogens (tertiary/aromatic N) is 1. The molecule has 3 rings (SSSR count). The molecule has 0 atom stereocenters. The van der Waals surface area contributed by atoms with Crippen LogP contribution in [0.15, 0.2) is 65.1 Å². The highest BCUT2D eigenvalue weighted by Crippen LogP contribution is 2.29. The molecule has 1 heterocycles. The number of pyridine rings is 1. The Kier molecular flexibility index (Phi) is 3.90.